The highest BCUT2D eigenvalue weighted by Gasteiger charge is 2.14. The van der Waals surface area contributed by atoms with E-state index in [2.05, 4.69) is 25.8 Å². The lowest BCUT2D eigenvalue weighted by molar-refractivity contribution is 0.129. The van der Waals surface area contributed by atoms with E-state index >= 15 is 0 Å². The molecule has 0 unspecified atom stereocenters. The third-order valence-corrected chi connectivity index (χ3v) is 3.16. The summed E-state index contributed by atoms with van der Waals surface area (Å²) in [5.41, 5.74) is 2.53. The number of amides is 1. The average Bonchev–Trinajstić information content (AvgIpc) is 2.91. The van der Waals surface area contributed by atoms with Crippen LogP contribution in [0.15, 0.2) is 36.7 Å². The SMILES string of the molecule is Cc1cccc(Nc2nccn3c(NC(=O)OC(C)C)nnc23)c1. The van der Waals surface area contributed by atoms with E-state index in [0.29, 0.717) is 11.5 Å². The van der Waals surface area contributed by atoms with Gasteiger partial charge in [-0.1, -0.05) is 12.1 Å². The Morgan fingerprint density at radius 1 is 1.29 bits per heavy atom. The number of carbonyl (C=O) groups excluding carboxylic acids is 1. The number of hydrogen-bond donors (Lipinski definition) is 2. The van der Waals surface area contributed by atoms with E-state index in [4.69, 9.17) is 4.74 Å². The maximum absolute atomic E-state index is 11.7. The van der Waals surface area contributed by atoms with Crippen LogP contribution in [-0.2, 0) is 4.74 Å². The molecular weight excluding hydrogens is 308 g/mol. The summed E-state index contributed by atoms with van der Waals surface area (Å²) in [4.78, 5) is 16.0. The van der Waals surface area contributed by atoms with Crippen LogP contribution in [0.3, 0.4) is 0 Å². The van der Waals surface area contributed by atoms with Crippen molar-refractivity contribution in [1.82, 2.24) is 19.6 Å². The molecule has 0 radical (unpaired) electrons. The Morgan fingerprint density at radius 2 is 2.12 bits per heavy atom. The van der Waals surface area contributed by atoms with Crippen LogP contribution >= 0.6 is 0 Å². The molecule has 1 aromatic carbocycles. The molecule has 0 aliphatic carbocycles. The largest absolute Gasteiger partial charge is 0.447 e. The van der Waals surface area contributed by atoms with Gasteiger partial charge in [0.15, 0.2) is 5.82 Å². The van der Waals surface area contributed by atoms with Gasteiger partial charge in [-0.05, 0) is 38.5 Å². The molecule has 2 aromatic heterocycles. The molecule has 8 heteroatoms. The van der Waals surface area contributed by atoms with Crippen LogP contribution in [0.2, 0.25) is 0 Å². The van der Waals surface area contributed by atoms with Crippen molar-refractivity contribution in [2.45, 2.75) is 26.9 Å². The van der Waals surface area contributed by atoms with Gasteiger partial charge < -0.3 is 10.1 Å². The fourth-order valence-corrected chi connectivity index (χ4v) is 2.19. The van der Waals surface area contributed by atoms with Gasteiger partial charge in [-0.25, -0.2) is 9.78 Å². The van der Waals surface area contributed by atoms with Gasteiger partial charge in [0.05, 0.1) is 6.10 Å². The molecule has 24 heavy (non-hydrogen) atoms. The van der Waals surface area contributed by atoms with Gasteiger partial charge in [0.25, 0.3) is 0 Å². The first kappa shape index (κ1) is 15.7. The normalized spacial score (nSPS) is 10.8. The zero-order valence-electron chi connectivity index (χ0n) is 13.6. The van der Waals surface area contributed by atoms with Crippen LogP contribution < -0.4 is 10.6 Å². The van der Waals surface area contributed by atoms with Gasteiger partial charge in [0.2, 0.25) is 11.6 Å². The number of ether oxygens (including phenoxy) is 1. The maximum atomic E-state index is 11.7. The number of carbonyl (C=O) groups is 1. The lowest BCUT2D eigenvalue weighted by atomic mass is 10.2. The third kappa shape index (κ3) is 3.43. The van der Waals surface area contributed by atoms with E-state index in [1.54, 1.807) is 30.6 Å². The number of aromatic nitrogens is 4. The predicted octanol–water partition coefficient (Wildman–Crippen LogP) is 3.13. The smallest absolute Gasteiger partial charge is 0.414 e. The monoisotopic (exact) mass is 326 g/mol. The molecule has 3 rings (SSSR count). The molecule has 2 heterocycles. The van der Waals surface area contributed by atoms with Crippen LogP contribution in [0.1, 0.15) is 19.4 Å². The Bertz CT molecular complexity index is 874. The first-order valence-electron chi connectivity index (χ1n) is 7.54. The van der Waals surface area contributed by atoms with Crippen molar-refractivity contribution >= 4 is 29.2 Å². The van der Waals surface area contributed by atoms with Gasteiger partial charge in [-0.15, -0.1) is 10.2 Å². The molecule has 1 amide bonds. The van der Waals surface area contributed by atoms with Crippen LogP contribution in [0.4, 0.5) is 22.2 Å². The number of fused-ring (bicyclic) bond motifs is 1. The summed E-state index contributed by atoms with van der Waals surface area (Å²) in [6.45, 7) is 5.56. The molecule has 0 atom stereocenters. The van der Waals surface area contributed by atoms with Gasteiger partial charge in [0, 0.05) is 18.1 Å². The molecule has 2 N–H and O–H groups in total. The summed E-state index contributed by atoms with van der Waals surface area (Å²) in [7, 11) is 0. The molecule has 0 spiro atoms. The number of nitrogens with one attached hydrogen (secondary N) is 2. The molecule has 0 fully saturated rings. The molecule has 0 saturated carbocycles. The molecular formula is C16H18N6O2. The number of nitrogens with zero attached hydrogens (tertiary/aromatic N) is 4. The van der Waals surface area contributed by atoms with Gasteiger partial charge in [0.1, 0.15) is 0 Å². The number of rotatable bonds is 4. The van der Waals surface area contributed by atoms with E-state index in [9.17, 15) is 4.79 Å². The van der Waals surface area contributed by atoms with Crippen molar-refractivity contribution in [3.63, 3.8) is 0 Å². The van der Waals surface area contributed by atoms with Crippen molar-refractivity contribution in [2.75, 3.05) is 10.6 Å². The summed E-state index contributed by atoms with van der Waals surface area (Å²) in [5.74, 6) is 0.811. The van der Waals surface area contributed by atoms with E-state index in [0.717, 1.165) is 11.3 Å². The standard InChI is InChI=1S/C16H18N6O2/c1-10(2)24-16(23)19-15-21-20-14-13(17-7-8-22(14)15)18-12-6-4-5-11(3)9-12/h4-10H,1-3H3,(H,17,18)(H,19,21,23). The van der Waals surface area contributed by atoms with Crippen LogP contribution in [-0.4, -0.2) is 31.8 Å². The molecule has 8 nitrogen and oxygen atoms in total. The number of hydrogen-bond acceptors (Lipinski definition) is 6. The Kier molecular flexibility index (Phi) is 4.28. The first-order chi connectivity index (χ1) is 11.5. The van der Waals surface area contributed by atoms with Crippen molar-refractivity contribution in [3.8, 4) is 0 Å². The lowest BCUT2D eigenvalue weighted by Gasteiger charge is -2.09. The van der Waals surface area contributed by atoms with E-state index in [1.165, 1.54) is 0 Å². The summed E-state index contributed by atoms with van der Waals surface area (Å²) in [6.07, 6.45) is 2.48. The van der Waals surface area contributed by atoms with Crippen molar-refractivity contribution in [3.05, 3.63) is 42.2 Å². The number of anilines is 3. The van der Waals surface area contributed by atoms with Crippen molar-refractivity contribution in [2.24, 2.45) is 0 Å². The van der Waals surface area contributed by atoms with Crippen LogP contribution in [0.5, 0.6) is 0 Å². The predicted molar refractivity (Wildman–Crippen MR) is 90.5 cm³/mol. The van der Waals surface area contributed by atoms with Crippen molar-refractivity contribution < 1.29 is 9.53 Å². The van der Waals surface area contributed by atoms with Gasteiger partial charge >= 0.3 is 6.09 Å². The molecule has 0 aliphatic heterocycles. The van der Waals surface area contributed by atoms with E-state index in [-0.39, 0.29) is 12.1 Å². The van der Waals surface area contributed by atoms with E-state index < -0.39 is 6.09 Å². The Hall–Kier alpha value is -3.16. The Morgan fingerprint density at radius 3 is 2.88 bits per heavy atom. The molecule has 124 valence electrons. The average molecular weight is 326 g/mol. The fourth-order valence-electron chi connectivity index (χ4n) is 2.19. The number of benzene rings is 1. The zero-order chi connectivity index (χ0) is 17.1. The molecule has 3 aromatic rings. The third-order valence-electron chi connectivity index (χ3n) is 3.16. The molecule has 0 aliphatic rings. The fraction of sp³-hybridized carbons (Fsp3) is 0.250. The quantitative estimate of drug-likeness (QED) is 0.765. The van der Waals surface area contributed by atoms with E-state index in [1.807, 2.05) is 31.2 Å². The minimum Gasteiger partial charge on any atom is -0.447 e. The zero-order valence-corrected chi connectivity index (χ0v) is 13.6. The van der Waals surface area contributed by atoms with Gasteiger partial charge in [-0.3, -0.25) is 9.72 Å². The summed E-state index contributed by atoms with van der Waals surface area (Å²) in [5, 5.41) is 13.8. The number of aryl methyl sites for hydroxylation is 1. The maximum Gasteiger partial charge on any atom is 0.414 e. The highest BCUT2D eigenvalue weighted by Crippen LogP contribution is 2.20. The highest BCUT2D eigenvalue weighted by atomic mass is 16.6. The molecule has 0 bridgehead atoms. The Balaban J connectivity index is 1.87. The second kappa shape index (κ2) is 6.53. The van der Waals surface area contributed by atoms with Crippen molar-refractivity contribution in [1.29, 1.82) is 0 Å². The van der Waals surface area contributed by atoms with Crippen LogP contribution in [0, 0.1) is 6.92 Å². The lowest BCUT2D eigenvalue weighted by Crippen LogP contribution is -2.19. The second-order valence-corrected chi connectivity index (χ2v) is 5.57. The summed E-state index contributed by atoms with van der Waals surface area (Å²) >= 11 is 0. The summed E-state index contributed by atoms with van der Waals surface area (Å²) in [6, 6.07) is 7.91. The highest BCUT2D eigenvalue weighted by molar-refractivity contribution is 5.83. The first-order valence-corrected chi connectivity index (χ1v) is 7.54. The topological polar surface area (TPSA) is 93.4 Å². The summed E-state index contributed by atoms with van der Waals surface area (Å²) < 4.78 is 6.68. The minimum absolute atomic E-state index is 0.218. The molecule has 0 saturated heterocycles. The Labute approximate surface area is 138 Å². The minimum atomic E-state index is -0.579. The van der Waals surface area contributed by atoms with Crippen LogP contribution in [0.25, 0.3) is 5.65 Å². The second-order valence-electron chi connectivity index (χ2n) is 5.57. The van der Waals surface area contributed by atoms with Gasteiger partial charge in [-0.2, -0.15) is 0 Å².